The van der Waals surface area contributed by atoms with Crippen LogP contribution in [0.25, 0.3) is 72.7 Å². The molecule has 0 bridgehead atoms. The maximum absolute atomic E-state index is 12.6. The zero-order valence-corrected chi connectivity index (χ0v) is 44.8. The summed E-state index contributed by atoms with van der Waals surface area (Å²) in [7, 11) is 0. The molecule has 8 aromatic rings. The third-order valence-electron chi connectivity index (χ3n) is 12.5. The minimum atomic E-state index is -1.63. The number of phenolic OH excluding ortho intramolecular Hbond substituents is 1. The van der Waals surface area contributed by atoms with Crippen LogP contribution in [0.3, 0.4) is 0 Å². The van der Waals surface area contributed by atoms with Gasteiger partial charge in [0.15, 0.2) is 0 Å². The van der Waals surface area contributed by atoms with Gasteiger partial charge in [0, 0.05) is 46.8 Å². The molecule has 0 radical (unpaired) electrons. The predicted molar refractivity (Wildman–Crippen MR) is 285 cm³/mol. The van der Waals surface area contributed by atoms with Crippen LogP contribution in [0, 0.1) is 11.5 Å². The summed E-state index contributed by atoms with van der Waals surface area (Å²) in [4.78, 5) is 10.2. The van der Waals surface area contributed by atoms with E-state index in [4.69, 9.17) is 10.5 Å². The first-order valence-electron chi connectivity index (χ1n) is 26.1. The fraction of sp³-hybridized carbons (Fsp3) is 0.333. The van der Waals surface area contributed by atoms with Crippen LogP contribution in [0.2, 0.25) is 0 Å². The molecule has 0 aliphatic rings. The van der Waals surface area contributed by atoms with Crippen molar-refractivity contribution in [1.82, 2.24) is 14.5 Å². The molecule has 0 saturated heterocycles. The van der Waals surface area contributed by atoms with Crippen LogP contribution in [-0.2, 0) is 49.1 Å². The van der Waals surface area contributed by atoms with Gasteiger partial charge in [-0.25, -0.2) is 4.98 Å². The van der Waals surface area contributed by atoms with Crippen LogP contribution in [-0.4, -0.2) is 19.6 Å². The third-order valence-corrected chi connectivity index (χ3v) is 12.5. The summed E-state index contributed by atoms with van der Waals surface area (Å²) < 4.78 is 47.6. The predicted octanol–water partition coefficient (Wildman–Crippen LogP) is 17.0. The molecule has 1 N–H and O–H groups in total. The molecule has 0 amide bonds. The van der Waals surface area contributed by atoms with Gasteiger partial charge >= 0.3 is 0 Å². The molecule has 0 fully saturated rings. The van der Waals surface area contributed by atoms with Crippen LogP contribution in [0.5, 0.6) is 5.75 Å². The maximum Gasteiger partial charge on any atom is 0.148 e. The summed E-state index contributed by atoms with van der Waals surface area (Å²) in [5.41, 5.74) is 10.9. The van der Waals surface area contributed by atoms with Crippen LogP contribution in [0.1, 0.15) is 139 Å². The van der Waals surface area contributed by atoms with E-state index in [2.05, 4.69) is 165 Å². The van der Waals surface area contributed by atoms with Gasteiger partial charge in [-0.05, 0) is 97.1 Å². The Morgan fingerprint density at radius 2 is 1.21 bits per heavy atom. The smallest absolute Gasteiger partial charge is 0.148 e. The van der Waals surface area contributed by atoms with Gasteiger partial charge in [0.1, 0.15) is 11.6 Å². The summed E-state index contributed by atoms with van der Waals surface area (Å²) in [6, 6.07) is 41.9. The number of benzene rings is 6. The minimum absolute atomic E-state index is 0. The number of nitrogens with zero attached hydrogens (tertiary/aromatic N) is 3. The first-order valence-corrected chi connectivity index (χ1v) is 23.6. The van der Waals surface area contributed by atoms with Gasteiger partial charge in [0.05, 0.1) is 26.4 Å². The van der Waals surface area contributed by atoms with Gasteiger partial charge in [-0.15, -0.1) is 29.3 Å². The van der Waals surface area contributed by atoms with Crippen molar-refractivity contribution < 1.29 is 33.0 Å². The van der Waals surface area contributed by atoms with E-state index in [1.165, 1.54) is 5.56 Å². The summed E-state index contributed by atoms with van der Waals surface area (Å²) in [5.74, 6) is 0.770. The number of imidazole rings is 1. The molecule has 8 rings (SSSR count). The molecule has 2 heterocycles. The Kier molecular flexibility index (Phi) is 11.8. The largest absolute Gasteiger partial charge is 0.507 e. The van der Waals surface area contributed by atoms with Crippen molar-refractivity contribution in [2.45, 2.75) is 132 Å². The molecule has 5 heteroatoms. The van der Waals surface area contributed by atoms with Crippen LogP contribution < -0.4 is 0 Å². The standard InChI is InChI=1S/C63H70N3O.Pt/c1-59(2,3)39-40-24-26-41(27-25-40)43-30-31-64-53(35-43)45-32-44(33-47(34-45)61(7,8)9)49-22-19-23-55-56(49)65-58(51-37-48(62(10,11)12)38-52(57(51)67)63(13,14)15)66(55)54-29-28-46(60(4,5)6)36-50(54)42-20-17-16-18-21-42;/h16-31,33-38,67H,39H2,1-15H3;/q-1;/i30D,31D,35D,39D2;. The number of pyridine rings is 1. The van der Waals surface area contributed by atoms with Crippen molar-refractivity contribution in [3.8, 4) is 67.5 Å². The van der Waals surface area contributed by atoms with E-state index >= 15 is 0 Å². The molecule has 0 atom stereocenters. The second kappa shape index (κ2) is 18.4. The first kappa shape index (κ1) is 43.7. The Hall–Kier alpha value is -5.57. The monoisotopic (exact) mass is 1080 g/mol. The SMILES string of the molecule is [2H]c1nc(-c2[c-]c(-c3cccc4c3nc(-c3cc(C(C)(C)C)cc(C(C)(C)C)c3O)n4-c3ccc(C(C)(C)C)cc3-c3ccccc3)cc(C(C)(C)C)c2)c([2H])c(-c2ccc(C([2H])([2H])C(C)(C)C)cc2)c1[2H].[Pt]. The summed E-state index contributed by atoms with van der Waals surface area (Å²) in [5, 5.41) is 12.6. The van der Waals surface area contributed by atoms with E-state index in [1.807, 2.05) is 45.0 Å². The van der Waals surface area contributed by atoms with Crippen LogP contribution >= 0.6 is 0 Å². The van der Waals surface area contributed by atoms with Crippen molar-refractivity contribution >= 4 is 11.0 Å². The molecule has 0 spiro atoms. The molecule has 4 nitrogen and oxygen atoms in total. The average molecular weight is 1090 g/mol. The molecule has 0 unspecified atom stereocenters. The maximum atomic E-state index is 12.6. The van der Waals surface area contributed by atoms with Gasteiger partial charge in [-0.3, -0.25) is 9.55 Å². The topological polar surface area (TPSA) is 50.9 Å². The van der Waals surface area contributed by atoms with Gasteiger partial charge in [-0.2, -0.15) is 0 Å². The van der Waals surface area contributed by atoms with E-state index < -0.39 is 17.2 Å². The van der Waals surface area contributed by atoms with Crippen LogP contribution in [0.4, 0.5) is 0 Å². The average Bonchev–Trinajstić information content (AvgIpc) is 3.68. The quantitative estimate of drug-likeness (QED) is 0.162. The van der Waals surface area contributed by atoms with Crippen molar-refractivity contribution in [1.29, 1.82) is 0 Å². The third kappa shape index (κ3) is 10.5. The zero-order chi connectivity index (χ0) is 52.8. The molecular weight excluding hydrogens is 1010 g/mol. The molecule has 354 valence electrons. The Labute approximate surface area is 428 Å². The van der Waals surface area contributed by atoms with Crippen molar-refractivity contribution in [2.75, 3.05) is 0 Å². The Morgan fingerprint density at radius 1 is 0.588 bits per heavy atom. The van der Waals surface area contributed by atoms with Gasteiger partial charge < -0.3 is 5.11 Å². The Balaban J connectivity index is 0.00000780. The van der Waals surface area contributed by atoms with Crippen LogP contribution in [0.15, 0.2) is 134 Å². The molecule has 0 aliphatic carbocycles. The number of fused-ring (bicyclic) bond motifs is 1. The number of aromatic nitrogens is 3. The number of para-hydroxylation sites is 1. The van der Waals surface area contributed by atoms with E-state index in [9.17, 15) is 6.48 Å². The van der Waals surface area contributed by atoms with E-state index in [0.29, 0.717) is 39.2 Å². The fourth-order valence-electron chi connectivity index (χ4n) is 8.62. The van der Waals surface area contributed by atoms with Gasteiger partial charge in [-0.1, -0.05) is 200 Å². The normalized spacial score (nSPS) is 13.9. The fourth-order valence-corrected chi connectivity index (χ4v) is 8.62. The van der Waals surface area contributed by atoms with Crippen molar-refractivity contribution in [3.05, 3.63) is 167 Å². The van der Waals surface area contributed by atoms with Gasteiger partial charge in [0.2, 0.25) is 0 Å². The number of hydrogen-bond donors (Lipinski definition) is 1. The molecule has 68 heavy (non-hydrogen) atoms. The zero-order valence-electron chi connectivity index (χ0n) is 47.6. The molecule has 6 aromatic carbocycles. The first-order chi connectivity index (χ1) is 33.3. The molecule has 2 aromatic heterocycles. The second-order valence-corrected chi connectivity index (χ2v) is 23.3. The summed E-state index contributed by atoms with van der Waals surface area (Å²) in [6.07, 6.45) is -1.90. The summed E-state index contributed by atoms with van der Waals surface area (Å²) >= 11 is 0. The van der Waals surface area contributed by atoms with E-state index in [0.717, 1.165) is 44.6 Å². The van der Waals surface area contributed by atoms with E-state index in [1.54, 1.807) is 24.3 Å². The number of hydrogen-bond acceptors (Lipinski definition) is 3. The minimum Gasteiger partial charge on any atom is -0.507 e. The molecule has 0 aliphatic heterocycles. The Morgan fingerprint density at radius 3 is 1.82 bits per heavy atom. The second-order valence-electron chi connectivity index (χ2n) is 23.3. The molecular formula is C63H70N3OPt-. The number of phenols is 1. The number of aromatic hydroxyl groups is 1. The van der Waals surface area contributed by atoms with Crippen molar-refractivity contribution in [2.24, 2.45) is 5.41 Å². The Bertz CT molecular complexity index is 3380. The summed E-state index contributed by atoms with van der Waals surface area (Å²) in [6.45, 7) is 31.6. The van der Waals surface area contributed by atoms with Gasteiger partial charge in [0.25, 0.3) is 0 Å². The molecule has 0 saturated carbocycles. The van der Waals surface area contributed by atoms with E-state index in [-0.39, 0.29) is 72.6 Å². The number of rotatable bonds is 7. The van der Waals surface area contributed by atoms with Crippen molar-refractivity contribution in [3.63, 3.8) is 0 Å².